The van der Waals surface area contributed by atoms with Gasteiger partial charge in [-0.2, -0.15) is 0 Å². The quantitative estimate of drug-likeness (QED) is 0.708. The van der Waals surface area contributed by atoms with Gasteiger partial charge in [-0.05, 0) is 53.4 Å². The maximum absolute atomic E-state index is 5.73. The summed E-state index contributed by atoms with van der Waals surface area (Å²) in [6, 6.07) is 6.16. The molecule has 0 aliphatic rings. The summed E-state index contributed by atoms with van der Waals surface area (Å²) in [4.78, 5) is 0. The van der Waals surface area contributed by atoms with E-state index in [2.05, 4.69) is 40.3 Å². The lowest BCUT2D eigenvalue weighted by Crippen LogP contribution is -2.85. The Hall–Kier alpha value is -0.580. The maximum atomic E-state index is 5.73. The largest absolute Gasteiger partial charge is 0.492 e. The van der Waals surface area contributed by atoms with Crippen LogP contribution in [-0.2, 0) is 4.74 Å². The van der Waals surface area contributed by atoms with Gasteiger partial charge >= 0.3 is 0 Å². The van der Waals surface area contributed by atoms with Crippen LogP contribution in [0.5, 0.6) is 5.75 Å². The molecule has 0 saturated carbocycles. The van der Waals surface area contributed by atoms with Crippen LogP contribution >= 0.6 is 15.9 Å². The van der Waals surface area contributed by atoms with E-state index < -0.39 is 0 Å². The minimum absolute atomic E-state index is 0.778. The van der Waals surface area contributed by atoms with Crippen molar-refractivity contribution < 1.29 is 14.8 Å². The highest BCUT2D eigenvalue weighted by atomic mass is 79.9. The van der Waals surface area contributed by atoms with E-state index in [-0.39, 0.29) is 0 Å². The highest BCUT2D eigenvalue weighted by molar-refractivity contribution is 9.10. The summed E-state index contributed by atoms with van der Waals surface area (Å²) in [5, 5.41) is 2.28. The second-order valence-electron chi connectivity index (χ2n) is 4.35. The molecule has 0 radical (unpaired) electrons. The zero-order chi connectivity index (χ0) is 13.2. The first-order valence-electron chi connectivity index (χ1n) is 6.43. The molecular formula is C14H23BrNO2+. The predicted molar refractivity (Wildman–Crippen MR) is 77.1 cm³/mol. The zero-order valence-electron chi connectivity index (χ0n) is 11.2. The summed E-state index contributed by atoms with van der Waals surface area (Å²) in [5.41, 5.74) is 1.24. The van der Waals surface area contributed by atoms with Crippen LogP contribution in [0.3, 0.4) is 0 Å². The van der Waals surface area contributed by atoms with E-state index in [1.165, 1.54) is 12.0 Å². The second kappa shape index (κ2) is 9.36. The summed E-state index contributed by atoms with van der Waals surface area (Å²) >= 11 is 3.51. The van der Waals surface area contributed by atoms with Crippen LogP contribution < -0.4 is 10.1 Å². The maximum Gasteiger partial charge on any atom is 0.133 e. The molecule has 0 aromatic heterocycles. The molecule has 0 fully saturated rings. The molecule has 0 aliphatic carbocycles. The van der Waals surface area contributed by atoms with Gasteiger partial charge in [0.1, 0.15) is 5.75 Å². The van der Waals surface area contributed by atoms with Gasteiger partial charge < -0.3 is 14.8 Å². The Bertz CT molecular complexity index is 345. The highest BCUT2D eigenvalue weighted by Crippen LogP contribution is 2.25. The first-order chi connectivity index (χ1) is 8.74. The van der Waals surface area contributed by atoms with Crippen LogP contribution in [-0.4, -0.2) is 33.4 Å². The molecule has 102 valence electrons. The van der Waals surface area contributed by atoms with Crippen molar-refractivity contribution in [2.45, 2.75) is 19.8 Å². The third-order valence-corrected chi connectivity index (χ3v) is 3.29. The normalized spacial score (nSPS) is 10.6. The molecule has 3 nitrogen and oxygen atoms in total. The molecule has 1 rings (SSSR count). The topological polar surface area (TPSA) is 35.1 Å². The summed E-state index contributed by atoms with van der Waals surface area (Å²) < 4.78 is 11.8. The lowest BCUT2D eigenvalue weighted by molar-refractivity contribution is -0.656. The van der Waals surface area contributed by atoms with Crippen LogP contribution in [0.1, 0.15) is 18.4 Å². The molecule has 0 unspecified atom stereocenters. The number of halogens is 1. The van der Waals surface area contributed by atoms with Crippen molar-refractivity contribution in [3.05, 3.63) is 28.2 Å². The monoisotopic (exact) mass is 316 g/mol. The Morgan fingerprint density at radius 1 is 1.17 bits per heavy atom. The molecule has 0 aliphatic heterocycles. The lowest BCUT2D eigenvalue weighted by atomic mass is 10.2. The van der Waals surface area contributed by atoms with Gasteiger partial charge in [0.25, 0.3) is 0 Å². The second-order valence-corrected chi connectivity index (χ2v) is 5.20. The molecule has 18 heavy (non-hydrogen) atoms. The molecule has 0 spiro atoms. The van der Waals surface area contributed by atoms with Gasteiger partial charge in [0.2, 0.25) is 0 Å². The number of aryl methyl sites for hydroxylation is 1. The van der Waals surface area contributed by atoms with Crippen LogP contribution in [0.4, 0.5) is 0 Å². The van der Waals surface area contributed by atoms with Gasteiger partial charge in [-0.1, -0.05) is 6.07 Å². The first kappa shape index (κ1) is 15.5. The van der Waals surface area contributed by atoms with Crippen molar-refractivity contribution in [2.24, 2.45) is 0 Å². The number of rotatable bonds is 9. The molecule has 0 bridgehead atoms. The Kier molecular flexibility index (Phi) is 8.05. The van der Waals surface area contributed by atoms with Gasteiger partial charge in [0, 0.05) is 7.11 Å². The highest BCUT2D eigenvalue weighted by Gasteiger charge is 2.00. The Balaban J connectivity index is 2.07. The molecule has 0 saturated heterocycles. The number of hydrogen-bond donors (Lipinski definition) is 1. The van der Waals surface area contributed by atoms with Crippen molar-refractivity contribution >= 4 is 15.9 Å². The molecule has 0 amide bonds. The van der Waals surface area contributed by atoms with Crippen LogP contribution in [0.25, 0.3) is 0 Å². The minimum atomic E-state index is 0.778. The number of benzene rings is 1. The summed E-state index contributed by atoms with van der Waals surface area (Å²) in [6.07, 6.45) is 2.26. The lowest BCUT2D eigenvalue weighted by Gasteiger charge is -2.08. The average Bonchev–Trinajstić information content (AvgIpc) is 2.35. The minimum Gasteiger partial charge on any atom is -0.492 e. The van der Waals surface area contributed by atoms with Crippen molar-refractivity contribution in [3.63, 3.8) is 0 Å². The Morgan fingerprint density at radius 2 is 2.00 bits per heavy atom. The van der Waals surface area contributed by atoms with Crippen LogP contribution in [0.15, 0.2) is 22.7 Å². The number of ether oxygens (including phenoxy) is 2. The van der Waals surface area contributed by atoms with Crippen molar-refractivity contribution in [2.75, 3.05) is 33.4 Å². The zero-order valence-corrected chi connectivity index (χ0v) is 12.8. The smallest absolute Gasteiger partial charge is 0.133 e. The van der Waals surface area contributed by atoms with Gasteiger partial charge in [0.15, 0.2) is 0 Å². The van der Waals surface area contributed by atoms with E-state index in [0.29, 0.717) is 0 Å². The first-order valence-corrected chi connectivity index (χ1v) is 7.23. The molecule has 0 atom stereocenters. The molecule has 2 N–H and O–H groups in total. The van der Waals surface area contributed by atoms with Crippen LogP contribution in [0, 0.1) is 6.92 Å². The molecule has 4 heteroatoms. The molecule has 1 aromatic rings. The van der Waals surface area contributed by atoms with E-state index in [1.54, 1.807) is 7.11 Å². The number of unbranched alkanes of at least 4 members (excludes halogenated alkanes) is 1. The van der Waals surface area contributed by atoms with Gasteiger partial charge in [0.05, 0.1) is 30.8 Å². The SMILES string of the molecule is COCC[NH2+]CCCCOc1ccc(C)cc1Br. The van der Waals surface area contributed by atoms with Crippen LogP contribution in [0.2, 0.25) is 0 Å². The number of methoxy groups -OCH3 is 1. The summed E-state index contributed by atoms with van der Waals surface area (Å²) in [7, 11) is 1.74. The van der Waals surface area contributed by atoms with E-state index >= 15 is 0 Å². The van der Waals surface area contributed by atoms with Crippen molar-refractivity contribution in [3.8, 4) is 5.75 Å². The van der Waals surface area contributed by atoms with E-state index in [1.807, 2.05) is 6.07 Å². The number of quaternary nitrogens is 1. The Labute approximate surface area is 118 Å². The fourth-order valence-corrected chi connectivity index (χ4v) is 2.25. The predicted octanol–water partition coefficient (Wildman–Crippen LogP) is 2.13. The number of hydrogen-bond acceptors (Lipinski definition) is 2. The molecular weight excluding hydrogens is 294 g/mol. The van der Waals surface area contributed by atoms with Gasteiger partial charge in [-0.25, -0.2) is 0 Å². The van der Waals surface area contributed by atoms with Gasteiger partial charge in [-0.15, -0.1) is 0 Å². The van der Waals surface area contributed by atoms with Crippen molar-refractivity contribution in [1.82, 2.24) is 0 Å². The van der Waals surface area contributed by atoms with Crippen molar-refractivity contribution in [1.29, 1.82) is 0 Å². The number of nitrogens with two attached hydrogens (primary N) is 1. The van der Waals surface area contributed by atoms with Gasteiger partial charge in [-0.3, -0.25) is 0 Å². The van der Waals surface area contributed by atoms with E-state index in [0.717, 1.165) is 42.9 Å². The average molecular weight is 317 g/mol. The fourth-order valence-electron chi connectivity index (χ4n) is 1.64. The summed E-state index contributed by atoms with van der Waals surface area (Å²) in [6.45, 7) is 5.86. The summed E-state index contributed by atoms with van der Waals surface area (Å²) in [5.74, 6) is 0.934. The molecule has 0 heterocycles. The third kappa shape index (κ3) is 6.38. The fraction of sp³-hybridized carbons (Fsp3) is 0.571. The third-order valence-electron chi connectivity index (χ3n) is 2.67. The standard InChI is InChI=1S/C14H22BrNO2/c1-12-5-6-14(13(15)11-12)18-9-4-3-7-16-8-10-17-2/h5-6,11,16H,3-4,7-10H2,1-2H3/p+1. The Morgan fingerprint density at radius 3 is 2.72 bits per heavy atom. The van der Waals surface area contributed by atoms with E-state index in [9.17, 15) is 0 Å². The molecule has 1 aromatic carbocycles. The van der Waals surface area contributed by atoms with E-state index in [4.69, 9.17) is 9.47 Å².